The Hall–Kier alpha value is -1.51. The Labute approximate surface area is 119 Å². The van der Waals surface area contributed by atoms with Crippen LogP contribution in [0, 0.1) is 6.92 Å². The maximum atomic E-state index is 6.20. The molecule has 0 radical (unpaired) electrons. The van der Waals surface area contributed by atoms with Gasteiger partial charge in [-0.1, -0.05) is 41.9 Å². The third-order valence-electron chi connectivity index (χ3n) is 3.38. The van der Waals surface area contributed by atoms with Crippen LogP contribution < -0.4 is 10.6 Å². The fourth-order valence-electron chi connectivity index (χ4n) is 2.24. The van der Waals surface area contributed by atoms with E-state index in [-0.39, 0.29) is 0 Å². The van der Waals surface area contributed by atoms with Gasteiger partial charge in [0.15, 0.2) is 0 Å². The predicted molar refractivity (Wildman–Crippen MR) is 82.6 cm³/mol. The third-order valence-corrected chi connectivity index (χ3v) is 3.73. The topological polar surface area (TPSA) is 29.3 Å². The van der Waals surface area contributed by atoms with Crippen molar-refractivity contribution in [2.45, 2.75) is 20.0 Å². The molecule has 0 aromatic heterocycles. The Morgan fingerprint density at radius 3 is 2.53 bits per heavy atom. The van der Waals surface area contributed by atoms with Gasteiger partial charge in [-0.05, 0) is 30.2 Å². The first-order chi connectivity index (χ1) is 9.13. The van der Waals surface area contributed by atoms with Crippen LogP contribution in [0.15, 0.2) is 42.5 Å². The van der Waals surface area contributed by atoms with E-state index in [4.69, 9.17) is 17.3 Å². The van der Waals surface area contributed by atoms with E-state index in [0.29, 0.717) is 6.54 Å². The van der Waals surface area contributed by atoms with Crippen LogP contribution in [0.1, 0.15) is 16.7 Å². The fraction of sp³-hybridized carbons (Fsp3) is 0.250. The van der Waals surface area contributed by atoms with Crippen LogP contribution in [0.4, 0.5) is 5.69 Å². The van der Waals surface area contributed by atoms with Gasteiger partial charge in [0.05, 0.1) is 0 Å². The summed E-state index contributed by atoms with van der Waals surface area (Å²) in [7, 11) is 2.07. The molecule has 0 unspecified atom stereocenters. The number of nitrogens with two attached hydrogens (primary N) is 1. The first-order valence-electron chi connectivity index (χ1n) is 6.36. The highest BCUT2D eigenvalue weighted by atomic mass is 35.5. The molecule has 0 fully saturated rings. The number of nitrogens with zero attached hydrogens (tertiary/aromatic N) is 1. The summed E-state index contributed by atoms with van der Waals surface area (Å²) in [6, 6.07) is 14.3. The van der Waals surface area contributed by atoms with E-state index in [0.717, 1.165) is 22.8 Å². The van der Waals surface area contributed by atoms with Gasteiger partial charge in [0.2, 0.25) is 0 Å². The summed E-state index contributed by atoms with van der Waals surface area (Å²) >= 11 is 6.20. The lowest BCUT2D eigenvalue weighted by Crippen LogP contribution is -2.19. The average Bonchev–Trinajstić information content (AvgIpc) is 2.41. The SMILES string of the molecule is Cc1ccccc1CN(C)c1cccc(Cl)c1CN. The Balaban J connectivity index is 2.28. The summed E-state index contributed by atoms with van der Waals surface area (Å²) in [5.74, 6) is 0. The molecule has 0 saturated heterocycles. The van der Waals surface area contributed by atoms with Crippen LogP contribution in [-0.4, -0.2) is 7.05 Å². The van der Waals surface area contributed by atoms with Gasteiger partial charge in [0.25, 0.3) is 0 Å². The van der Waals surface area contributed by atoms with Gasteiger partial charge in [-0.3, -0.25) is 0 Å². The fourth-order valence-corrected chi connectivity index (χ4v) is 2.48. The van der Waals surface area contributed by atoms with Crippen LogP contribution in [-0.2, 0) is 13.1 Å². The standard InChI is InChI=1S/C16H19ClN2/c1-12-6-3-4-7-13(12)11-19(2)16-9-5-8-15(17)14(16)10-18/h3-9H,10-11,18H2,1-2H3. The second-order valence-corrected chi connectivity index (χ2v) is 5.13. The molecule has 2 aromatic carbocycles. The summed E-state index contributed by atoms with van der Waals surface area (Å²) in [5, 5.41) is 0.733. The van der Waals surface area contributed by atoms with Crippen molar-refractivity contribution < 1.29 is 0 Å². The van der Waals surface area contributed by atoms with Crippen molar-refractivity contribution in [3.63, 3.8) is 0 Å². The van der Waals surface area contributed by atoms with Gasteiger partial charge in [0, 0.05) is 36.4 Å². The first-order valence-corrected chi connectivity index (χ1v) is 6.74. The first kappa shape index (κ1) is 13.9. The van der Waals surface area contributed by atoms with E-state index in [9.17, 15) is 0 Å². The van der Waals surface area contributed by atoms with Gasteiger partial charge in [-0.25, -0.2) is 0 Å². The van der Waals surface area contributed by atoms with E-state index in [1.165, 1.54) is 11.1 Å². The molecular formula is C16H19ClN2. The smallest absolute Gasteiger partial charge is 0.0471 e. The number of anilines is 1. The Morgan fingerprint density at radius 2 is 1.84 bits per heavy atom. The van der Waals surface area contributed by atoms with E-state index in [2.05, 4.69) is 49.2 Å². The van der Waals surface area contributed by atoms with Crippen molar-refractivity contribution >= 4 is 17.3 Å². The van der Waals surface area contributed by atoms with Gasteiger partial charge >= 0.3 is 0 Å². The molecule has 0 aliphatic heterocycles. The van der Waals surface area contributed by atoms with Gasteiger partial charge in [-0.15, -0.1) is 0 Å². The third kappa shape index (κ3) is 3.09. The molecule has 2 N–H and O–H groups in total. The number of hydrogen-bond acceptors (Lipinski definition) is 2. The Morgan fingerprint density at radius 1 is 1.11 bits per heavy atom. The van der Waals surface area contributed by atoms with Crippen molar-refractivity contribution in [2.75, 3.05) is 11.9 Å². The quantitative estimate of drug-likeness (QED) is 0.920. The lowest BCUT2D eigenvalue weighted by molar-refractivity contribution is 0.897. The van der Waals surface area contributed by atoms with Crippen molar-refractivity contribution in [3.8, 4) is 0 Å². The van der Waals surface area contributed by atoms with Gasteiger partial charge < -0.3 is 10.6 Å². The minimum absolute atomic E-state index is 0.452. The summed E-state index contributed by atoms with van der Waals surface area (Å²) in [4.78, 5) is 2.19. The zero-order valence-electron chi connectivity index (χ0n) is 11.4. The number of hydrogen-bond donors (Lipinski definition) is 1. The van der Waals surface area contributed by atoms with Gasteiger partial charge in [0.1, 0.15) is 0 Å². The molecule has 0 amide bonds. The zero-order valence-corrected chi connectivity index (χ0v) is 12.1. The maximum Gasteiger partial charge on any atom is 0.0471 e. The Kier molecular flexibility index (Phi) is 4.46. The average molecular weight is 275 g/mol. The summed E-state index contributed by atoms with van der Waals surface area (Å²) < 4.78 is 0. The molecule has 0 saturated carbocycles. The molecular weight excluding hydrogens is 256 g/mol. The molecule has 3 heteroatoms. The highest BCUT2D eigenvalue weighted by Gasteiger charge is 2.10. The van der Waals surface area contributed by atoms with Crippen molar-refractivity contribution in [3.05, 3.63) is 64.2 Å². The van der Waals surface area contributed by atoms with Crippen LogP contribution in [0.5, 0.6) is 0 Å². The molecule has 0 spiro atoms. The highest BCUT2D eigenvalue weighted by molar-refractivity contribution is 6.31. The number of halogens is 1. The van der Waals surface area contributed by atoms with E-state index < -0.39 is 0 Å². The molecule has 0 bridgehead atoms. The number of rotatable bonds is 4. The molecule has 19 heavy (non-hydrogen) atoms. The minimum Gasteiger partial charge on any atom is -0.370 e. The van der Waals surface area contributed by atoms with Crippen LogP contribution in [0.25, 0.3) is 0 Å². The van der Waals surface area contributed by atoms with E-state index in [1.54, 1.807) is 0 Å². The van der Waals surface area contributed by atoms with Crippen molar-refractivity contribution in [1.82, 2.24) is 0 Å². The van der Waals surface area contributed by atoms with Crippen LogP contribution in [0.2, 0.25) is 5.02 Å². The minimum atomic E-state index is 0.452. The largest absolute Gasteiger partial charge is 0.370 e. The lowest BCUT2D eigenvalue weighted by Gasteiger charge is -2.23. The van der Waals surface area contributed by atoms with Crippen molar-refractivity contribution in [2.24, 2.45) is 5.73 Å². The molecule has 0 heterocycles. The van der Waals surface area contributed by atoms with Gasteiger partial charge in [-0.2, -0.15) is 0 Å². The molecule has 2 rings (SSSR count). The molecule has 2 nitrogen and oxygen atoms in total. The van der Waals surface area contributed by atoms with E-state index >= 15 is 0 Å². The zero-order chi connectivity index (χ0) is 13.8. The highest BCUT2D eigenvalue weighted by Crippen LogP contribution is 2.27. The monoisotopic (exact) mass is 274 g/mol. The lowest BCUT2D eigenvalue weighted by atomic mass is 10.1. The normalized spacial score (nSPS) is 10.5. The number of benzene rings is 2. The van der Waals surface area contributed by atoms with Crippen LogP contribution in [0.3, 0.4) is 0 Å². The second kappa shape index (κ2) is 6.09. The second-order valence-electron chi connectivity index (χ2n) is 4.72. The summed E-state index contributed by atoms with van der Waals surface area (Å²) in [6.45, 7) is 3.43. The Bertz CT molecular complexity index is 566. The van der Waals surface area contributed by atoms with Crippen LogP contribution >= 0.6 is 11.6 Å². The maximum absolute atomic E-state index is 6.20. The molecule has 0 atom stereocenters. The van der Waals surface area contributed by atoms with E-state index in [1.807, 2.05) is 12.1 Å². The molecule has 0 aliphatic rings. The molecule has 0 aliphatic carbocycles. The summed E-state index contributed by atoms with van der Waals surface area (Å²) in [6.07, 6.45) is 0. The van der Waals surface area contributed by atoms with Crippen molar-refractivity contribution in [1.29, 1.82) is 0 Å². The number of aryl methyl sites for hydroxylation is 1. The predicted octanol–water partition coefficient (Wildman–Crippen LogP) is 3.74. The molecule has 2 aromatic rings. The summed E-state index contributed by atoms with van der Waals surface area (Å²) in [5.41, 5.74) is 10.5. The molecule has 100 valence electrons.